The summed E-state index contributed by atoms with van der Waals surface area (Å²) in [6.45, 7) is 4.72. The fourth-order valence-electron chi connectivity index (χ4n) is 11.7. The highest BCUT2D eigenvalue weighted by Crippen LogP contribution is 2.44. The van der Waals surface area contributed by atoms with Gasteiger partial charge in [0.2, 0.25) is 0 Å². The normalized spacial score (nSPS) is 12.2. The molecule has 0 N–H and O–H groups in total. The van der Waals surface area contributed by atoms with E-state index in [4.69, 9.17) is 30.8 Å². The molecule has 4 heterocycles. The second-order valence-electron chi connectivity index (χ2n) is 21.0. The van der Waals surface area contributed by atoms with Gasteiger partial charge in [-0.2, -0.15) is 0 Å². The van der Waals surface area contributed by atoms with Crippen LogP contribution in [0.3, 0.4) is 0 Å². The van der Waals surface area contributed by atoms with E-state index in [2.05, 4.69) is 181 Å². The number of para-hydroxylation sites is 2. The Morgan fingerprint density at radius 2 is 0.857 bits per heavy atom. The predicted octanol–water partition coefficient (Wildman–Crippen LogP) is 14.5. The number of fused-ring (bicyclic) bond motifs is 4. The van der Waals surface area contributed by atoms with Crippen molar-refractivity contribution in [3.05, 3.63) is 302 Å². The molecule has 13 aromatic rings. The molecule has 0 unspecified atom stereocenters. The van der Waals surface area contributed by atoms with Gasteiger partial charge in [-0.25, -0.2) is 14.5 Å². The molecule has 0 atom stereocenters. The van der Waals surface area contributed by atoms with Crippen LogP contribution in [0.25, 0.3) is 55.2 Å². The standard InChI is InChI=1S/C54H39NO3Si.2C10H9NO.Al/c56-44-29-24-39(25-30-44)40-26-31-45(32-27-40)57-51-36-50(42-17-7-2-8-18-42)52(37-49(51)41-15-5-1-6-16-41)58-46-33-28-43-38-55-34-14-13-23-54(55)59(53(43)35-46,47-19-9-3-10-20-47)48-21-11-4-12-22-48;2*1-7-5-6-8-3-2-4-9(12)10(8)11-7;/h1-37H,38H2;2*2-6,12H,1H3;/q;;;+3/p-2. The molecule has 0 amide bonds. The zero-order valence-electron chi connectivity index (χ0n) is 46.3. The molecule has 0 fully saturated rings. The van der Waals surface area contributed by atoms with Gasteiger partial charge < -0.3 is 20.8 Å². The number of rotatable bonds is 15. The molecular formula is C74H55AlN3O5Si+. The van der Waals surface area contributed by atoms with Crippen molar-refractivity contribution < 1.29 is 25.4 Å². The third-order valence-electron chi connectivity index (χ3n) is 15.6. The van der Waals surface area contributed by atoms with E-state index in [1.165, 1.54) is 26.4 Å². The van der Waals surface area contributed by atoms with Gasteiger partial charge in [0.05, 0.1) is 5.75 Å². The zero-order valence-corrected chi connectivity index (χ0v) is 48.5. The molecule has 14 rings (SSSR count). The van der Waals surface area contributed by atoms with Crippen molar-refractivity contribution >= 4 is 65.9 Å². The van der Waals surface area contributed by atoms with Crippen molar-refractivity contribution in [2.45, 2.75) is 20.4 Å². The average Bonchev–Trinajstić information content (AvgIpc) is 1.09. The summed E-state index contributed by atoms with van der Waals surface area (Å²) in [5.41, 5.74) is 10.4. The number of hydrogen-bond donors (Lipinski definition) is 0. The molecule has 1 aliphatic heterocycles. The fraction of sp³-hybridized carbons (Fsp3) is 0.0405. The number of aryl methyl sites for hydroxylation is 2. The van der Waals surface area contributed by atoms with Gasteiger partial charge in [0, 0.05) is 51.0 Å². The van der Waals surface area contributed by atoms with Crippen LogP contribution in [0.15, 0.2) is 285 Å². The van der Waals surface area contributed by atoms with Gasteiger partial charge in [0.1, 0.15) is 45.5 Å². The molecule has 0 radical (unpaired) electrons. The largest absolute Gasteiger partial charge is 1.20 e. The Morgan fingerprint density at radius 3 is 1.39 bits per heavy atom. The van der Waals surface area contributed by atoms with Crippen LogP contribution in [0, 0.1) is 13.8 Å². The molecule has 3 aromatic heterocycles. The summed E-state index contributed by atoms with van der Waals surface area (Å²) in [5.74, 6) is 4.70. The van der Waals surface area contributed by atoms with E-state index in [1.807, 2.05) is 123 Å². The van der Waals surface area contributed by atoms with Crippen molar-refractivity contribution in [1.82, 2.24) is 9.97 Å². The number of pyridine rings is 3. The monoisotopic (exact) mass is 1120 g/mol. The van der Waals surface area contributed by atoms with Crippen molar-refractivity contribution in [2.24, 2.45) is 0 Å². The van der Waals surface area contributed by atoms with Crippen LogP contribution in [-0.4, -0.2) is 33.2 Å². The van der Waals surface area contributed by atoms with Crippen molar-refractivity contribution in [1.29, 1.82) is 0 Å². The van der Waals surface area contributed by atoms with Gasteiger partial charge >= 0.3 is 15.1 Å². The number of ether oxygens (including phenoxy) is 2. The summed E-state index contributed by atoms with van der Waals surface area (Å²) in [4.78, 5) is 9.65. The Balaban J connectivity index is 0.777. The van der Waals surface area contributed by atoms with Gasteiger partial charge in [-0.3, -0.25) is 0 Å². The second-order valence-corrected chi connectivity index (χ2v) is 26.0. The number of hydrogen-bond acceptors (Lipinski definition) is 7. The Labute approximate surface area is 494 Å². The van der Waals surface area contributed by atoms with E-state index >= 15 is 0 Å². The summed E-state index contributed by atoms with van der Waals surface area (Å²) in [7, 11) is -2.85. The Kier molecular flexibility index (Phi) is 14.1. The lowest BCUT2D eigenvalue weighted by molar-refractivity contribution is -0.672. The first-order chi connectivity index (χ1) is 41.4. The Bertz CT molecular complexity index is 4390. The van der Waals surface area contributed by atoms with E-state index in [9.17, 15) is 0 Å². The van der Waals surface area contributed by atoms with E-state index in [0.717, 1.165) is 84.6 Å². The van der Waals surface area contributed by atoms with Gasteiger partial charge in [-0.15, -0.1) is 0 Å². The lowest BCUT2D eigenvalue weighted by atomic mass is 9.97. The van der Waals surface area contributed by atoms with Gasteiger partial charge in [-0.1, -0.05) is 188 Å². The minimum atomic E-state index is -3.01. The van der Waals surface area contributed by atoms with E-state index in [0.29, 0.717) is 28.7 Å². The highest BCUT2D eigenvalue weighted by Gasteiger charge is 2.52. The first-order valence-corrected chi connectivity index (χ1v) is 31.6. The molecule has 0 aliphatic carbocycles. The minimum Gasteiger partial charge on any atom is -0.577 e. The van der Waals surface area contributed by atoms with Gasteiger partial charge in [0.15, 0.2) is 18.1 Å². The Morgan fingerprint density at radius 1 is 0.381 bits per heavy atom. The third-order valence-corrected chi connectivity index (χ3v) is 21.9. The summed E-state index contributed by atoms with van der Waals surface area (Å²) in [6, 6.07) is 96.6. The van der Waals surface area contributed by atoms with Crippen molar-refractivity contribution in [3.8, 4) is 73.6 Å². The van der Waals surface area contributed by atoms with Crippen molar-refractivity contribution in [3.63, 3.8) is 0 Å². The summed E-state index contributed by atoms with van der Waals surface area (Å²) in [5, 5.41) is 7.23. The maximum Gasteiger partial charge on any atom is 1.20 e. The fourth-order valence-corrected chi connectivity index (χ4v) is 18.1. The second kappa shape index (κ2) is 22.7. The molecule has 0 spiro atoms. The average molecular weight is 1120 g/mol. The zero-order chi connectivity index (χ0) is 56.4. The molecule has 0 bridgehead atoms. The smallest absolute Gasteiger partial charge is 0.577 e. The molecule has 402 valence electrons. The Hall–Kier alpha value is -10.1. The van der Waals surface area contributed by atoms with Crippen LogP contribution >= 0.6 is 0 Å². The van der Waals surface area contributed by atoms with Crippen LogP contribution < -0.4 is 46.3 Å². The maximum absolute atomic E-state index is 7.27. The van der Waals surface area contributed by atoms with Crippen LogP contribution in [0.2, 0.25) is 0 Å². The highest BCUT2D eigenvalue weighted by molar-refractivity contribution is 7.19. The molecule has 84 heavy (non-hydrogen) atoms. The summed E-state index contributed by atoms with van der Waals surface area (Å²) < 4.78 is 36.8. The van der Waals surface area contributed by atoms with Gasteiger partial charge in [0.25, 0.3) is 8.07 Å². The molecule has 0 saturated heterocycles. The van der Waals surface area contributed by atoms with Crippen molar-refractivity contribution in [2.75, 3.05) is 0 Å². The van der Waals surface area contributed by atoms with E-state index in [1.54, 1.807) is 0 Å². The number of benzene rings is 10. The number of nitrogens with zero attached hydrogens (tertiary/aromatic N) is 3. The van der Waals surface area contributed by atoms with E-state index < -0.39 is 23.2 Å². The third kappa shape index (κ3) is 10.2. The first kappa shape index (κ1) is 52.0. The molecule has 10 heteroatoms. The van der Waals surface area contributed by atoms with Crippen LogP contribution in [-0.2, 0) is 6.54 Å². The van der Waals surface area contributed by atoms with Gasteiger partial charge in [-0.05, 0) is 131 Å². The first-order valence-electron chi connectivity index (χ1n) is 28.2. The summed E-state index contributed by atoms with van der Waals surface area (Å²) in [6.07, 6.45) is 2.23. The number of aromatic nitrogens is 3. The minimum absolute atomic E-state index is 0.597. The molecule has 10 aromatic carbocycles. The lowest BCUT2D eigenvalue weighted by Gasteiger charge is -2.35. The predicted molar refractivity (Wildman–Crippen MR) is 339 cm³/mol. The summed E-state index contributed by atoms with van der Waals surface area (Å²) >= 11 is -3.01. The van der Waals surface area contributed by atoms with Crippen LogP contribution in [0.4, 0.5) is 0 Å². The highest BCUT2D eigenvalue weighted by atomic mass is 28.3. The maximum atomic E-state index is 7.27. The SMILES string of the molecule is Cc1ccc2cccc([O][Al]([O]c3ccc(-c4ccc(Oc5cc(-c6ccccc6)c(Oc6ccc7c(c6)[Si](c6ccccc6)(c6ccccc6)c6cccc[n+]6C7)cc5-c5ccccc5)cc4)cc3)[O]c3cccc4ccc(C)nc34)c2n1. The quantitative estimate of drug-likeness (QED) is 0.0748. The van der Waals surface area contributed by atoms with E-state index in [-0.39, 0.29) is 0 Å². The topological polar surface area (TPSA) is 75.8 Å². The molecule has 1 aliphatic rings. The lowest BCUT2D eigenvalue weighted by Crippen LogP contribution is -2.84. The molecular weight excluding hydrogens is 1070 g/mol. The molecule has 0 saturated carbocycles. The van der Waals surface area contributed by atoms with Crippen LogP contribution in [0.5, 0.6) is 40.2 Å². The van der Waals surface area contributed by atoms with Crippen LogP contribution in [0.1, 0.15) is 17.0 Å². The molecule has 8 nitrogen and oxygen atoms in total.